The molecule has 1 aromatic carbocycles. The van der Waals surface area contributed by atoms with Crippen LogP contribution in [0.1, 0.15) is 12.5 Å². The quantitative estimate of drug-likeness (QED) is 0.829. The number of thioether (sulfide) groups is 1. The van der Waals surface area contributed by atoms with Crippen LogP contribution in [0.5, 0.6) is 0 Å². The molecule has 0 bridgehead atoms. The number of hydrogen-bond acceptors (Lipinski definition) is 4. The number of rotatable bonds is 6. The average Bonchev–Trinajstić information content (AvgIpc) is 2.47. The molecule has 0 saturated carbocycles. The fourth-order valence-electron chi connectivity index (χ4n) is 1.72. The summed E-state index contributed by atoms with van der Waals surface area (Å²) < 4.78 is 11.3. The Morgan fingerprint density at radius 3 is 2.50 bits per heavy atom. The van der Waals surface area contributed by atoms with E-state index in [0.29, 0.717) is 0 Å². The van der Waals surface area contributed by atoms with Crippen molar-refractivity contribution < 1.29 is 4.21 Å². The summed E-state index contributed by atoms with van der Waals surface area (Å²) in [6.07, 6.45) is 3.54. The lowest BCUT2D eigenvalue weighted by Crippen LogP contribution is -2.00. The number of pyridine rings is 1. The van der Waals surface area contributed by atoms with Crippen LogP contribution in [0.4, 0.5) is 5.69 Å². The summed E-state index contributed by atoms with van der Waals surface area (Å²) in [5, 5.41) is 4.38. The van der Waals surface area contributed by atoms with Gasteiger partial charge in [0.2, 0.25) is 0 Å². The van der Waals surface area contributed by atoms with Crippen LogP contribution in [0, 0.1) is 0 Å². The third kappa shape index (κ3) is 4.35. The van der Waals surface area contributed by atoms with E-state index in [2.05, 4.69) is 17.2 Å². The molecular formula is C15H18N2OS2. The predicted octanol–water partition coefficient (Wildman–Crippen LogP) is 3.54. The molecule has 20 heavy (non-hydrogen) atoms. The summed E-state index contributed by atoms with van der Waals surface area (Å²) in [6, 6.07) is 11.9. The number of nitrogens with zero attached hydrogens (tertiary/aromatic N) is 1. The molecule has 0 saturated heterocycles. The zero-order valence-electron chi connectivity index (χ0n) is 11.6. The van der Waals surface area contributed by atoms with E-state index in [0.717, 1.165) is 33.5 Å². The number of aromatic nitrogens is 1. The zero-order valence-corrected chi connectivity index (χ0v) is 13.3. The van der Waals surface area contributed by atoms with Gasteiger partial charge in [0.1, 0.15) is 0 Å². The minimum Gasteiger partial charge on any atom is -0.380 e. The van der Waals surface area contributed by atoms with Crippen LogP contribution in [0.2, 0.25) is 0 Å². The molecular weight excluding hydrogens is 288 g/mol. The van der Waals surface area contributed by atoms with Crippen molar-refractivity contribution in [2.75, 3.05) is 17.3 Å². The lowest BCUT2D eigenvalue weighted by molar-refractivity contribution is 0.687. The van der Waals surface area contributed by atoms with Crippen molar-refractivity contribution in [3.63, 3.8) is 0 Å². The number of nitrogens with one attached hydrogen (secondary N) is 1. The maximum Gasteiger partial charge on any atom is 0.0961 e. The van der Waals surface area contributed by atoms with Crippen molar-refractivity contribution >= 4 is 28.2 Å². The second kappa shape index (κ2) is 7.45. The van der Waals surface area contributed by atoms with E-state index in [9.17, 15) is 4.21 Å². The summed E-state index contributed by atoms with van der Waals surface area (Å²) >= 11 is 1.74. The second-order valence-corrected chi connectivity index (χ2v) is 6.93. The van der Waals surface area contributed by atoms with Gasteiger partial charge in [-0.2, -0.15) is 0 Å². The Hall–Kier alpha value is -1.33. The van der Waals surface area contributed by atoms with Crippen molar-refractivity contribution in [1.29, 1.82) is 0 Å². The molecule has 5 heteroatoms. The Morgan fingerprint density at radius 1 is 1.20 bits per heavy atom. The molecule has 0 radical (unpaired) electrons. The lowest BCUT2D eigenvalue weighted by atomic mass is 10.2. The van der Waals surface area contributed by atoms with Crippen LogP contribution in [0.25, 0.3) is 0 Å². The molecule has 3 nitrogen and oxygen atoms in total. The minimum atomic E-state index is -0.915. The molecule has 0 aliphatic carbocycles. The molecule has 106 valence electrons. The van der Waals surface area contributed by atoms with E-state index in [-0.39, 0.29) is 0 Å². The van der Waals surface area contributed by atoms with Crippen LogP contribution in [0.15, 0.2) is 52.5 Å². The normalized spacial score (nSPS) is 12.1. The van der Waals surface area contributed by atoms with Gasteiger partial charge in [0.05, 0.1) is 16.9 Å². The Labute approximate surface area is 126 Å². The molecule has 1 N–H and O–H groups in total. The predicted molar refractivity (Wildman–Crippen MR) is 86.7 cm³/mol. The van der Waals surface area contributed by atoms with E-state index in [1.807, 2.05) is 42.6 Å². The maximum absolute atomic E-state index is 11.3. The highest BCUT2D eigenvalue weighted by atomic mass is 32.2. The molecule has 1 heterocycles. The van der Waals surface area contributed by atoms with Gasteiger partial charge in [-0.1, -0.05) is 19.1 Å². The van der Waals surface area contributed by atoms with Gasteiger partial charge < -0.3 is 5.32 Å². The monoisotopic (exact) mass is 306 g/mol. The van der Waals surface area contributed by atoms with Crippen LogP contribution in [-0.4, -0.2) is 21.2 Å². The average molecular weight is 306 g/mol. The molecule has 0 spiro atoms. The molecule has 0 aliphatic heterocycles. The highest BCUT2D eigenvalue weighted by Crippen LogP contribution is 2.17. The zero-order chi connectivity index (χ0) is 14.4. The Balaban J connectivity index is 1.92. The molecule has 0 aliphatic rings. The van der Waals surface area contributed by atoms with Gasteiger partial charge in [-0.15, -0.1) is 11.8 Å². The fourth-order valence-corrected chi connectivity index (χ4v) is 2.83. The summed E-state index contributed by atoms with van der Waals surface area (Å²) in [4.78, 5) is 5.24. The molecule has 2 rings (SSSR count). The smallest absolute Gasteiger partial charge is 0.0961 e. The van der Waals surface area contributed by atoms with E-state index < -0.39 is 10.8 Å². The Kier molecular flexibility index (Phi) is 5.61. The van der Waals surface area contributed by atoms with Crippen LogP contribution in [0.3, 0.4) is 0 Å². The van der Waals surface area contributed by atoms with Crippen LogP contribution < -0.4 is 5.32 Å². The van der Waals surface area contributed by atoms with Gasteiger partial charge in [-0.05, 0) is 35.6 Å². The molecule has 0 amide bonds. The Morgan fingerprint density at radius 2 is 1.95 bits per heavy atom. The van der Waals surface area contributed by atoms with Crippen molar-refractivity contribution in [2.24, 2.45) is 0 Å². The highest BCUT2D eigenvalue weighted by molar-refractivity contribution is 7.99. The molecule has 0 fully saturated rings. The van der Waals surface area contributed by atoms with Crippen molar-refractivity contribution in [2.45, 2.75) is 23.4 Å². The first-order valence-corrected chi connectivity index (χ1v) is 8.98. The molecule has 1 aromatic heterocycles. The lowest BCUT2D eigenvalue weighted by Gasteiger charge is -2.07. The first-order valence-electron chi connectivity index (χ1n) is 6.44. The number of benzene rings is 1. The van der Waals surface area contributed by atoms with E-state index in [1.54, 1.807) is 18.0 Å². The summed E-state index contributed by atoms with van der Waals surface area (Å²) in [7, 11) is -0.915. The van der Waals surface area contributed by atoms with Gasteiger partial charge in [0, 0.05) is 28.5 Å². The van der Waals surface area contributed by atoms with Gasteiger partial charge in [0.15, 0.2) is 0 Å². The standard InChI is InChI=1S/C15H18N2OS2/c1-3-19-15-9-6-13(11-17-15)16-10-12-4-7-14(8-5-12)20(2)18/h4-9,11,16H,3,10H2,1-2H3/t20-/m1/s1. The topological polar surface area (TPSA) is 42.0 Å². The van der Waals surface area contributed by atoms with Crippen molar-refractivity contribution in [3.8, 4) is 0 Å². The summed E-state index contributed by atoms with van der Waals surface area (Å²) in [6.45, 7) is 2.85. The first-order chi connectivity index (χ1) is 9.69. The third-order valence-electron chi connectivity index (χ3n) is 2.78. The summed E-state index contributed by atoms with van der Waals surface area (Å²) in [5.74, 6) is 1.03. The third-order valence-corrected chi connectivity index (χ3v) is 4.54. The minimum absolute atomic E-state index is 0.735. The van der Waals surface area contributed by atoms with Crippen LogP contribution >= 0.6 is 11.8 Å². The van der Waals surface area contributed by atoms with Crippen LogP contribution in [-0.2, 0) is 17.3 Å². The molecule has 1 atom stereocenters. The number of hydrogen-bond donors (Lipinski definition) is 1. The maximum atomic E-state index is 11.3. The van der Waals surface area contributed by atoms with Gasteiger partial charge in [-0.3, -0.25) is 4.21 Å². The van der Waals surface area contributed by atoms with Crippen molar-refractivity contribution in [3.05, 3.63) is 48.2 Å². The fraction of sp³-hybridized carbons (Fsp3) is 0.267. The summed E-state index contributed by atoms with van der Waals surface area (Å²) in [5.41, 5.74) is 2.17. The van der Waals surface area contributed by atoms with E-state index in [4.69, 9.17) is 0 Å². The first kappa shape index (κ1) is 15.1. The molecule has 2 aromatic rings. The van der Waals surface area contributed by atoms with E-state index in [1.165, 1.54) is 0 Å². The largest absolute Gasteiger partial charge is 0.380 e. The SMILES string of the molecule is CCSc1ccc(NCc2ccc([S@@](C)=O)cc2)cn1. The highest BCUT2D eigenvalue weighted by Gasteiger charge is 1.99. The second-order valence-electron chi connectivity index (χ2n) is 4.27. The Bertz CT molecular complexity index is 567. The van der Waals surface area contributed by atoms with Gasteiger partial charge in [0.25, 0.3) is 0 Å². The number of anilines is 1. The van der Waals surface area contributed by atoms with Gasteiger partial charge >= 0.3 is 0 Å². The van der Waals surface area contributed by atoms with Crippen molar-refractivity contribution in [1.82, 2.24) is 4.98 Å². The van der Waals surface area contributed by atoms with Gasteiger partial charge in [-0.25, -0.2) is 4.98 Å². The van der Waals surface area contributed by atoms with E-state index >= 15 is 0 Å². The molecule has 0 unspecified atom stereocenters.